The van der Waals surface area contributed by atoms with E-state index in [-0.39, 0.29) is 0 Å². The Morgan fingerprint density at radius 3 is 2.36 bits per heavy atom. The molecule has 0 saturated heterocycles. The maximum atomic E-state index is 5.91. The number of nitrogens with one attached hydrogen (secondary N) is 1. The molecular formula is C20H23NO. The monoisotopic (exact) mass is 293 g/mol. The first-order valence-corrected chi connectivity index (χ1v) is 8.58. The first kappa shape index (κ1) is 13.7. The van der Waals surface area contributed by atoms with Crippen LogP contribution in [0, 0.1) is 0 Å². The Labute approximate surface area is 131 Å². The van der Waals surface area contributed by atoms with Crippen LogP contribution in [-0.2, 0) is 0 Å². The lowest BCUT2D eigenvalue weighted by Gasteiger charge is -2.22. The predicted molar refractivity (Wildman–Crippen MR) is 93.4 cm³/mol. The molecule has 22 heavy (non-hydrogen) atoms. The van der Waals surface area contributed by atoms with Gasteiger partial charge in [-0.3, -0.25) is 0 Å². The standard InChI is InChI=1S/C20H23NO/c1-2-4-8-15(9-5-3-1)21-16-12-13-20-18(14-16)17-10-6-7-11-19(17)22-20/h6-7,10-15,21H,1-5,8-9H2. The molecule has 0 unspecified atom stereocenters. The summed E-state index contributed by atoms with van der Waals surface area (Å²) in [5, 5.41) is 6.18. The van der Waals surface area contributed by atoms with Crippen molar-refractivity contribution in [2.45, 2.75) is 51.0 Å². The third-order valence-electron chi connectivity index (χ3n) is 4.85. The van der Waals surface area contributed by atoms with Crippen molar-refractivity contribution in [3.63, 3.8) is 0 Å². The first-order chi connectivity index (χ1) is 10.9. The van der Waals surface area contributed by atoms with Crippen LogP contribution in [0.15, 0.2) is 46.9 Å². The van der Waals surface area contributed by atoms with Gasteiger partial charge in [-0.15, -0.1) is 0 Å². The molecule has 0 bridgehead atoms. The second-order valence-corrected chi connectivity index (χ2v) is 6.50. The zero-order valence-corrected chi connectivity index (χ0v) is 13.0. The molecule has 0 amide bonds. The SMILES string of the molecule is c1ccc2c(c1)oc1ccc(NC3CCCCCCC3)cc12. The molecule has 0 spiro atoms. The van der Waals surface area contributed by atoms with Gasteiger partial charge in [0.2, 0.25) is 0 Å². The molecule has 2 heteroatoms. The van der Waals surface area contributed by atoms with Crippen molar-refractivity contribution in [2.75, 3.05) is 5.32 Å². The highest BCUT2D eigenvalue weighted by atomic mass is 16.3. The molecule has 2 aromatic carbocycles. The van der Waals surface area contributed by atoms with Crippen molar-refractivity contribution < 1.29 is 4.42 Å². The Bertz CT molecular complexity index is 766. The van der Waals surface area contributed by atoms with Crippen LogP contribution in [0.5, 0.6) is 0 Å². The van der Waals surface area contributed by atoms with Crippen LogP contribution in [0.3, 0.4) is 0 Å². The fourth-order valence-electron chi connectivity index (χ4n) is 3.65. The molecule has 2 nitrogen and oxygen atoms in total. The van der Waals surface area contributed by atoms with Gasteiger partial charge in [-0.05, 0) is 37.1 Å². The molecule has 4 rings (SSSR count). The second kappa shape index (κ2) is 6.04. The lowest BCUT2D eigenvalue weighted by Crippen LogP contribution is -2.20. The summed E-state index contributed by atoms with van der Waals surface area (Å²) in [7, 11) is 0. The van der Waals surface area contributed by atoms with Crippen molar-refractivity contribution in [1.82, 2.24) is 0 Å². The molecule has 0 aliphatic heterocycles. The highest BCUT2D eigenvalue weighted by Crippen LogP contribution is 2.31. The molecule has 0 atom stereocenters. The van der Waals surface area contributed by atoms with Gasteiger partial charge >= 0.3 is 0 Å². The summed E-state index contributed by atoms with van der Waals surface area (Å²) in [5.74, 6) is 0. The maximum absolute atomic E-state index is 5.91. The summed E-state index contributed by atoms with van der Waals surface area (Å²) in [6.07, 6.45) is 9.50. The quantitative estimate of drug-likeness (QED) is 0.616. The predicted octanol–water partition coefficient (Wildman–Crippen LogP) is 6.11. The van der Waals surface area contributed by atoms with Gasteiger partial charge in [0.05, 0.1) is 0 Å². The number of hydrogen-bond acceptors (Lipinski definition) is 2. The van der Waals surface area contributed by atoms with E-state index in [2.05, 4.69) is 35.6 Å². The molecule has 3 aromatic rings. The third kappa shape index (κ3) is 2.70. The minimum Gasteiger partial charge on any atom is -0.456 e. The van der Waals surface area contributed by atoms with E-state index in [1.54, 1.807) is 0 Å². The van der Waals surface area contributed by atoms with Crippen molar-refractivity contribution in [2.24, 2.45) is 0 Å². The molecule has 1 saturated carbocycles. The van der Waals surface area contributed by atoms with E-state index in [1.165, 1.54) is 61.4 Å². The average molecular weight is 293 g/mol. The zero-order valence-electron chi connectivity index (χ0n) is 13.0. The van der Waals surface area contributed by atoms with Crippen LogP contribution in [0.4, 0.5) is 5.69 Å². The summed E-state index contributed by atoms with van der Waals surface area (Å²) in [6.45, 7) is 0. The summed E-state index contributed by atoms with van der Waals surface area (Å²) < 4.78 is 5.91. The molecule has 1 aliphatic carbocycles. The van der Waals surface area contributed by atoms with Crippen molar-refractivity contribution >= 4 is 27.6 Å². The molecule has 114 valence electrons. The average Bonchev–Trinajstić information content (AvgIpc) is 2.88. The van der Waals surface area contributed by atoms with Crippen LogP contribution < -0.4 is 5.32 Å². The fourth-order valence-corrected chi connectivity index (χ4v) is 3.65. The van der Waals surface area contributed by atoms with Crippen LogP contribution >= 0.6 is 0 Å². The Balaban J connectivity index is 1.62. The van der Waals surface area contributed by atoms with Crippen LogP contribution in [0.1, 0.15) is 44.9 Å². The highest BCUT2D eigenvalue weighted by molar-refractivity contribution is 6.05. The van der Waals surface area contributed by atoms with Gasteiger partial charge in [0.15, 0.2) is 0 Å². The number of hydrogen-bond donors (Lipinski definition) is 1. The largest absolute Gasteiger partial charge is 0.456 e. The smallest absolute Gasteiger partial charge is 0.135 e. The van der Waals surface area contributed by atoms with E-state index in [0.29, 0.717) is 6.04 Å². The van der Waals surface area contributed by atoms with E-state index >= 15 is 0 Å². The highest BCUT2D eigenvalue weighted by Gasteiger charge is 2.12. The van der Waals surface area contributed by atoms with Crippen molar-refractivity contribution in [3.05, 3.63) is 42.5 Å². The molecule has 0 radical (unpaired) electrons. The number of benzene rings is 2. The van der Waals surface area contributed by atoms with Gasteiger partial charge in [-0.25, -0.2) is 0 Å². The summed E-state index contributed by atoms with van der Waals surface area (Å²) >= 11 is 0. The number of para-hydroxylation sites is 1. The Morgan fingerprint density at radius 1 is 0.773 bits per heavy atom. The van der Waals surface area contributed by atoms with Crippen molar-refractivity contribution in [1.29, 1.82) is 0 Å². The van der Waals surface area contributed by atoms with Crippen LogP contribution in [0.25, 0.3) is 21.9 Å². The molecular weight excluding hydrogens is 270 g/mol. The van der Waals surface area contributed by atoms with Crippen LogP contribution in [0.2, 0.25) is 0 Å². The van der Waals surface area contributed by atoms with Gasteiger partial charge in [0.25, 0.3) is 0 Å². The lowest BCUT2D eigenvalue weighted by atomic mass is 9.96. The Morgan fingerprint density at radius 2 is 1.50 bits per heavy atom. The van der Waals surface area contributed by atoms with Crippen molar-refractivity contribution in [3.8, 4) is 0 Å². The molecule has 1 heterocycles. The molecule has 1 fully saturated rings. The lowest BCUT2D eigenvalue weighted by molar-refractivity contribution is 0.471. The van der Waals surface area contributed by atoms with E-state index in [0.717, 1.165) is 11.2 Å². The van der Waals surface area contributed by atoms with E-state index in [9.17, 15) is 0 Å². The molecule has 1 aliphatic rings. The molecule has 1 N–H and O–H groups in total. The van der Waals surface area contributed by atoms with E-state index < -0.39 is 0 Å². The topological polar surface area (TPSA) is 25.2 Å². The summed E-state index contributed by atoms with van der Waals surface area (Å²) in [4.78, 5) is 0. The van der Waals surface area contributed by atoms with Gasteiger partial charge in [-0.2, -0.15) is 0 Å². The normalized spacial score (nSPS) is 17.5. The first-order valence-electron chi connectivity index (χ1n) is 8.58. The minimum atomic E-state index is 0.621. The van der Waals surface area contributed by atoms with Gasteiger partial charge < -0.3 is 9.73 Å². The van der Waals surface area contributed by atoms with Gasteiger partial charge in [0.1, 0.15) is 11.2 Å². The summed E-state index contributed by atoms with van der Waals surface area (Å²) in [5.41, 5.74) is 3.18. The number of rotatable bonds is 2. The van der Waals surface area contributed by atoms with E-state index in [4.69, 9.17) is 4.42 Å². The fraction of sp³-hybridized carbons (Fsp3) is 0.400. The van der Waals surface area contributed by atoms with Gasteiger partial charge in [0, 0.05) is 22.5 Å². The van der Waals surface area contributed by atoms with Gasteiger partial charge in [-0.1, -0.05) is 50.3 Å². The maximum Gasteiger partial charge on any atom is 0.135 e. The number of anilines is 1. The van der Waals surface area contributed by atoms with E-state index in [1.807, 2.05) is 12.1 Å². The number of furan rings is 1. The minimum absolute atomic E-state index is 0.621. The number of fused-ring (bicyclic) bond motifs is 3. The Kier molecular flexibility index (Phi) is 3.75. The Hall–Kier alpha value is -1.96. The summed E-state index contributed by atoms with van der Waals surface area (Å²) in [6, 6.07) is 15.4. The van der Waals surface area contributed by atoms with Crippen LogP contribution in [-0.4, -0.2) is 6.04 Å². The zero-order chi connectivity index (χ0) is 14.8. The third-order valence-corrected chi connectivity index (χ3v) is 4.85. The molecule has 1 aromatic heterocycles. The second-order valence-electron chi connectivity index (χ2n) is 6.50.